The average molecular weight is 332 g/mol. The van der Waals surface area contributed by atoms with Gasteiger partial charge in [-0.3, -0.25) is 4.79 Å². The van der Waals surface area contributed by atoms with Crippen molar-refractivity contribution in [2.24, 2.45) is 0 Å². The summed E-state index contributed by atoms with van der Waals surface area (Å²) in [4.78, 5) is 20.9. The van der Waals surface area contributed by atoms with Crippen LogP contribution in [0.5, 0.6) is 0 Å². The van der Waals surface area contributed by atoms with E-state index in [-0.39, 0.29) is 11.2 Å². The summed E-state index contributed by atoms with van der Waals surface area (Å²) in [5.41, 5.74) is 1.83. The van der Waals surface area contributed by atoms with E-state index in [0.717, 1.165) is 11.4 Å². The highest BCUT2D eigenvalue weighted by Crippen LogP contribution is 2.22. The van der Waals surface area contributed by atoms with E-state index in [9.17, 15) is 4.79 Å². The molecular weight excluding hydrogens is 316 g/mol. The van der Waals surface area contributed by atoms with Gasteiger partial charge in [0, 0.05) is 17.5 Å². The van der Waals surface area contributed by atoms with Crippen LogP contribution in [-0.2, 0) is 4.79 Å². The van der Waals surface area contributed by atoms with Crippen LogP contribution in [0.3, 0.4) is 0 Å². The Kier molecular flexibility index (Phi) is 4.03. The predicted molar refractivity (Wildman–Crippen MR) is 85.4 cm³/mol. The second-order valence-electron chi connectivity index (χ2n) is 5.22. The summed E-state index contributed by atoms with van der Waals surface area (Å²) < 4.78 is 6.59. The standard InChI is InChI=1S/C14H16N6O2S/c1-7-5-8(2)20-13(15-7)17-14(18-20)23-10(4)12(21)16-11-6-9(3)22-19-11/h5-6,10H,1-4H3,(H,16,19,21)/t10-/m0/s1. The first-order valence-electron chi connectivity index (χ1n) is 7.04. The van der Waals surface area contributed by atoms with Crippen LogP contribution in [-0.4, -0.2) is 35.9 Å². The topological polar surface area (TPSA) is 98.2 Å². The average Bonchev–Trinajstić information content (AvgIpc) is 3.05. The Morgan fingerprint density at radius 3 is 2.78 bits per heavy atom. The third kappa shape index (κ3) is 3.34. The van der Waals surface area contributed by atoms with Crippen LogP contribution >= 0.6 is 11.8 Å². The van der Waals surface area contributed by atoms with Crippen molar-refractivity contribution >= 4 is 29.3 Å². The minimum absolute atomic E-state index is 0.192. The second kappa shape index (κ2) is 5.99. The summed E-state index contributed by atoms with van der Waals surface area (Å²) in [6.07, 6.45) is 0. The van der Waals surface area contributed by atoms with Crippen molar-refractivity contribution in [2.75, 3.05) is 5.32 Å². The van der Waals surface area contributed by atoms with E-state index >= 15 is 0 Å². The first-order valence-corrected chi connectivity index (χ1v) is 7.92. The molecule has 1 N–H and O–H groups in total. The molecule has 8 nitrogen and oxygen atoms in total. The normalized spacial score (nSPS) is 12.5. The number of thioether (sulfide) groups is 1. The van der Waals surface area contributed by atoms with Gasteiger partial charge in [0.25, 0.3) is 5.78 Å². The van der Waals surface area contributed by atoms with Gasteiger partial charge in [0.05, 0.1) is 5.25 Å². The maximum Gasteiger partial charge on any atom is 0.253 e. The number of anilines is 1. The molecule has 0 radical (unpaired) electrons. The molecule has 1 amide bonds. The van der Waals surface area contributed by atoms with E-state index in [2.05, 4.69) is 25.5 Å². The fourth-order valence-electron chi connectivity index (χ4n) is 2.06. The van der Waals surface area contributed by atoms with E-state index in [4.69, 9.17) is 4.52 Å². The Balaban J connectivity index is 1.73. The van der Waals surface area contributed by atoms with Crippen molar-refractivity contribution in [3.05, 3.63) is 29.3 Å². The zero-order valence-electron chi connectivity index (χ0n) is 13.2. The largest absolute Gasteiger partial charge is 0.360 e. The number of aromatic nitrogens is 5. The van der Waals surface area contributed by atoms with Gasteiger partial charge >= 0.3 is 0 Å². The number of hydrogen-bond acceptors (Lipinski definition) is 7. The molecule has 3 heterocycles. The Bertz CT molecular complexity index is 871. The minimum atomic E-state index is -0.383. The molecule has 0 unspecified atom stereocenters. The molecule has 0 aliphatic rings. The molecule has 0 spiro atoms. The number of carbonyl (C=O) groups excluding carboxylic acids is 1. The second-order valence-corrected chi connectivity index (χ2v) is 6.53. The summed E-state index contributed by atoms with van der Waals surface area (Å²) >= 11 is 1.26. The van der Waals surface area contributed by atoms with Crippen molar-refractivity contribution in [1.82, 2.24) is 24.7 Å². The first kappa shape index (κ1) is 15.5. The third-order valence-electron chi connectivity index (χ3n) is 3.13. The molecule has 3 aromatic heterocycles. The third-order valence-corrected chi connectivity index (χ3v) is 4.08. The van der Waals surface area contributed by atoms with Gasteiger partial charge < -0.3 is 9.84 Å². The minimum Gasteiger partial charge on any atom is -0.360 e. The van der Waals surface area contributed by atoms with Crippen LogP contribution in [0.15, 0.2) is 21.8 Å². The molecule has 0 aromatic carbocycles. The zero-order chi connectivity index (χ0) is 16.6. The number of carbonyl (C=O) groups is 1. The first-order chi connectivity index (χ1) is 10.9. The van der Waals surface area contributed by atoms with Crippen molar-refractivity contribution in [3.8, 4) is 0 Å². The van der Waals surface area contributed by atoms with E-state index in [1.807, 2.05) is 19.9 Å². The van der Waals surface area contributed by atoms with Crippen LogP contribution in [0, 0.1) is 20.8 Å². The number of nitrogens with zero attached hydrogens (tertiary/aromatic N) is 5. The quantitative estimate of drug-likeness (QED) is 0.731. The van der Waals surface area contributed by atoms with Crippen LogP contribution in [0.2, 0.25) is 0 Å². The van der Waals surface area contributed by atoms with Crippen molar-refractivity contribution < 1.29 is 9.32 Å². The molecule has 9 heteroatoms. The highest BCUT2D eigenvalue weighted by Gasteiger charge is 2.19. The van der Waals surface area contributed by atoms with E-state index in [1.165, 1.54) is 11.8 Å². The van der Waals surface area contributed by atoms with Gasteiger partial charge in [0.2, 0.25) is 11.1 Å². The Hall–Kier alpha value is -2.42. The fraction of sp³-hybridized carbons (Fsp3) is 0.357. The molecule has 120 valence electrons. The summed E-state index contributed by atoms with van der Waals surface area (Å²) in [5, 5.41) is 10.9. The molecule has 0 fully saturated rings. The number of nitrogens with one attached hydrogen (secondary N) is 1. The molecule has 3 aromatic rings. The van der Waals surface area contributed by atoms with Crippen LogP contribution in [0.4, 0.5) is 5.82 Å². The van der Waals surface area contributed by atoms with E-state index in [0.29, 0.717) is 22.5 Å². The summed E-state index contributed by atoms with van der Waals surface area (Å²) in [6, 6.07) is 3.59. The molecule has 0 bridgehead atoms. The number of amides is 1. The van der Waals surface area contributed by atoms with Gasteiger partial charge in [0.1, 0.15) is 5.76 Å². The lowest BCUT2D eigenvalue weighted by atomic mass is 10.4. The molecule has 1 atom stereocenters. The molecule has 23 heavy (non-hydrogen) atoms. The molecule has 0 aliphatic carbocycles. The Morgan fingerprint density at radius 1 is 1.30 bits per heavy atom. The van der Waals surface area contributed by atoms with Gasteiger partial charge in [-0.25, -0.2) is 9.50 Å². The van der Waals surface area contributed by atoms with E-state index in [1.54, 1.807) is 24.4 Å². The van der Waals surface area contributed by atoms with Crippen molar-refractivity contribution in [3.63, 3.8) is 0 Å². The van der Waals surface area contributed by atoms with Gasteiger partial charge in [-0.05, 0) is 33.8 Å². The summed E-state index contributed by atoms with van der Waals surface area (Å²) in [7, 11) is 0. The molecule has 0 saturated carbocycles. The Labute approximate surface area is 136 Å². The van der Waals surface area contributed by atoms with Gasteiger partial charge in [-0.2, -0.15) is 4.98 Å². The fourth-order valence-corrected chi connectivity index (χ4v) is 2.81. The molecule has 0 aliphatic heterocycles. The highest BCUT2D eigenvalue weighted by molar-refractivity contribution is 8.00. The molecule has 0 saturated heterocycles. The number of aryl methyl sites for hydroxylation is 3. The predicted octanol–water partition coefficient (Wildman–Crippen LogP) is 2.16. The van der Waals surface area contributed by atoms with Crippen LogP contribution in [0.25, 0.3) is 5.78 Å². The molecular formula is C14H16N6O2S. The monoisotopic (exact) mass is 332 g/mol. The zero-order valence-corrected chi connectivity index (χ0v) is 14.0. The maximum atomic E-state index is 12.2. The number of rotatable bonds is 4. The number of hydrogen-bond donors (Lipinski definition) is 1. The highest BCUT2D eigenvalue weighted by atomic mass is 32.2. The number of fused-ring (bicyclic) bond motifs is 1. The van der Waals surface area contributed by atoms with Crippen LogP contribution in [0.1, 0.15) is 24.1 Å². The van der Waals surface area contributed by atoms with Gasteiger partial charge in [-0.15, -0.1) is 5.10 Å². The lowest BCUT2D eigenvalue weighted by Gasteiger charge is -2.07. The molecule has 3 rings (SSSR count). The van der Waals surface area contributed by atoms with Crippen LogP contribution < -0.4 is 5.32 Å². The van der Waals surface area contributed by atoms with Crippen molar-refractivity contribution in [2.45, 2.75) is 38.1 Å². The Morgan fingerprint density at radius 2 is 2.09 bits per heavy atom. The van der Waals surface area contributed by atoms with E-state index < -0.39 is 0 Å². The maximum absolute atomic E-state index is 12.2. The van der Waals surface area contributed by atoms with Crippen molar-refractivity contribution in [1.29, 1.82) is 0 Å². The SMILES string of the molecule is Cc1cc(C)n2nc(S[C@@H](C)C(=O)Nc3cc(C)on3)nc2n1. The lowest BCUT2D eigenvalue weighted by molar-refractivity contribution is -0.115. The lowest BCUT2D eigenvalue weighted by Crippen LogP contribution is -2.22. The van der Waals surface area contributed by atoms with Gasteiger partial charge in [0.15, 0.2) is 5.82 Å². The summed E-state index contributed by atoms with van der Waals surface area (Å²) in [6.45, 7) is 7.39. The van der Waals surface area contributed by atoms with Gasteiger partial charge in [-0.1, -0.05) is 16.9 Å². The smallest absolute Gasteiger partial charge is 0.253 e. The summed E-state index contributed by atoms with van der Waals surface area (Å²) in [5.74, 6) is 1.38.